The van der Waals surface area contributed by atoms with E-state index < -0.39 is 0 Å². The maximum atomic E-state index is 6.41. The quantitative estimate of drug-likeness (QED) is 0.871. The molecule has 1 unspecified atom stereocenters. The molecule has 0 amide bonds. The molecule has 116 valence electrons. The first kappa shape index (κ1) is 15.3. The summed E-state index contributed by atoms with van der Waals surface area (Å²) < 4.78 is 0. The topological polar surface area (TPSA) is 15.3 Å². The number of rotatable bonds is 2. The summed E-state index contributed by atoms with van der Waals surface area (Å²) in [5, 5.41) is 4.78. The van der Waals surface area contributed by atoms with E-state index in [1.54, 1.807) is 0 Å². The van der Waals surface area contributed by atoms with Crippen molar-refractivity contribution in [3.05, 3.63) is 34.9 Å². The van der Waals surface area contributed by atoms with Gasteiger partial charge in [-0.15, -0.1) is 0 Å². The Morgan fingerprint density at radius 2 is 1.90 bits per heavy atom. The Balaban J connectivity index is 1.78. The molecule has 21 heavy (non-hydrogen) atoms. The lowest BCUT2D eigenvalue weighted by atomic mass is 9.81. The zero-order chi connectivity index (χ0) is 14.7. The second-order valence-electron chi connectivity index (χ2n) is 6.79. The molecular formula is C18H27ClN2. The van der Waals surface area contributed by atoms with Crippen molar-refractivity contribution < 1.29 is 0 Å². The van der Waals surface area contributed by atoms with Crippen LogP contribution in [0.4, 0.5) is 0 Å². The molecule has 0 bridgehead atoms. The molecule has 1 aromatic rings. The highest BCUT2D eigenvalue weighted by molar-refractivity contribution is 6.31. The molecule has 1 saturated heterocycles. The van der Waals surface area contributed by atoms with Crippen molar-refractivity contribution in [2.24, 2.45) is 0 Å². The van der Waals surface area contributed by atoms with Gasteiger partial charge in [-0.1, -0.05) is 49.1 Å². The van der Waals surface area contributed by atoms with Crippen LogP contribution in [-0.2, 0) is 0 Å². The fourth-order valence-corrected chi connectivity index (χ4v) is 4.36. The van der Waals surface area contributed by atoms with E-state index in [1.807, 2.05) is 12.1 Å². The Labute approximate surface area is 133 Å². The molecule has 3 rings (SSSR count). The van der Waals surface area contributed by atoms with Crippen LogP contribution in [0.1, 0.15) is 57.1 Å². The van der Waals surface area contributed by atoms with Crippen LogP contribution in [0, 0.1) is 0 Å². The van der Waals surface area contributed by atoms with E-state index in [1.165, 1.54) is 57.2 Å². The molecule has 0 radical (unpaired) electrons. The van der Waals surface area contributed by atoms with Crippen LogP contribution in [-0.4, -0.2) is 30.1 Å². The Kier molecular flexibility index (Phi) is 4.88. The summed E-state index contributed by atoms with van der Waals surface area (Å²) in [6, 6.07) is 8.71. The molecule has 1 N–H and O–H groups in total. The van der Waals surface area contributed by atoms with E-state index in [-0.39, 0.29) is 0 Å². The minimum Gasteiger partial charge on any atom is -0.310 e. The molecule has 1 atom stereocenters. The summed E-state index contributed by atoms with van der Waals surface area (Å²) in [6.07, 6.45) is 8.06. The normalized spacial score (nSPS) is 24.7. The molecule has 2 aliphatic rings. The first-order valence-electron chi connectivity index (χ1n) is 8.44. The van der Waals surface area contributed by atoms with E-state index in [0.29, 0.717) is 11.6 Å². The number of halogens is 1. The fraction of sp³-hybridized carbons (Fsp3) is 0.667. The Bertz CT molecular complexity index is 468. The second-order valence-corrected chi connectivity index (χ2v) is 7.20. The van der Waals surface area contributed by atoms with E-state index in [0.717, 1.165) is 11.6 Å². The lowest BCUT2D eigenvalue weighted by Gasteiger charge is -2.41. The van der Waals surface area contributed by atoms with Gasteiger partial charge in [0.15, 0.2) is 0 Å². The van der Waals surface area contributed by atoms with Gasteiger partial charge >= 0.3 is 0 Å². The van der Waals surface area contributed by atoms with Crippen molar-refractivity contribution in [3.8, 4) is 0 Å². The smallest absolute Gasteiger partial charge is 0.0453 e. The van der Waals surface area contributed by atoms with Gasteiger partial charge in [0.05, 0.1) is 0 Å². The van der Waals surface area contributed by atoms with Crippen molar-refractivity contribution in [1.82, 2.24) is 10.2 Å². The number of nitrogens with one attached hydrogen (secondary N) is 1. The highest BCUT2D eigenvalue weighted by Crippen LogP contribution is 2.34. The molecule has 0 aromatic heterocycles. The zero-order valence-corrected chi connectivity index (χ0v) is 13.8. The molecule has 1 aliphatic heterocycles. The molecule has 1 spiro atoms. The van der Waals surface area contributed by atoms with Gasteiger partial charge in [-0.2, -0.15) is 0 Å². The monoisotopic (exact) mass is 306 g/mol. The van der Waals surface area contributed by atoms with Crippen LogP contribution in [0.5, 0.6) is 0 Å². The predicted molar refractivity (Wildman–Crippen MR) is 89.9 cm³/mol. The third-order valence-electron chi connectivity index (χ3n) is 5.34. The molecule has 3 heteroatoms. The molecule has 1 heterocycles. The summed E-state index contributed by atoms with van der Waals surface area (Å²) in [4.78, 5) is 2.65. The molecule has 1 aliphatic carbocycles. The first-order valence-corrected chi connectivity index (χ1v) is 8.82. The van der Waals surface area contributed by atoms with Gasteiger partial charge in [0.2, 0.25) is 0 Å². The van der Waals surface area contributed by atoms with Crippen molar-refractivity contribution in [3.63, 3.8) is 0 Å². The molecular weight excluding hydrogens is 280 g/mol. The van der Waals surface area contributed by atoms with Crippen molar-refractivity contribution in [1.29, 1.82) is 0 Å². The summed E-state index contributed by atoms with van der Waals surface area (Å²) >= 11 is 6.41. The van der Waals surface area contributed by atoms with E-state index in [9.17, 15) is 0 Å². The zero-order valence-electron chi connectivity index (χ0n) is 13.1. The SMILES string of the molecule is CC(c1ccccc1Cl)N1CCCNC2(CCCCC2)C1. The third kappa shape index (κ3) is 3.44. The average molecular weight is 307 g/mol. The Morgan fingerprint density at radius 1 is 1.14 bits per heavy atom. The van der Waals surface area contributed by atoms with Crippen molar-refractivity contribution in [2.45, 2.75) is 57.0 Å². The van der Waals surface area contributed by atoms with Gasteiger partial charge < -0.3 is 5.32 Å². The lowest BCUT2D eigenvalue weighted by molar-refractivity contribution is 0.134. The summed E-state index contributed by atoms with van der Waals surface area (Å²) in [5.41, 5.74) is 1.62. The maximum Gasteiger partial charge on any atom is 0.0453 e. The number of nitrogens with zero attached hydrogens (tertiary/aromatic N) is 1. The van der Waals surface area contributed by atoms with Gasteiger partial charge in [-0.25, -0.2) is 0 Å². The van der Waals surface area contributed by atoms with E-state index in [2.05, 4.69) is 29.3 Å². The van der Waals surface area contributed by atoms with Crippen LogP contribution in [0.3, 0.4) is 0 Å². The van der Waals surface area contributed by atoms with Gasteiger partial charge in [0, 0.05) is 29.7 Å². The average Bonchev–Trinajstić information content (AvgIpc) is 2.71. The van der Waals surface area contributed by atoms with Crippen LogP contribution in [0.15, 0.2) is 24.3 Å². The second kappa shape index (κ2) is 6.68. The fourth-order valence-electron chi connectivity index (χ4n) is 4.06. The van der Waals surface area contributed by atoms with Gasteiger partial charge in [0.1, 0.15) is 0 Å². The minimum absolute atomic E-state index is 0.351. The highest BCUT2D eigenvalue weighted by atomic mass is 35.5. The predicted octanol–water partition coefficient (Wildman–Crippen LogP) is 4.40. The third-order valence-corrected chi connectivity index (χ3v) is 5.69. The lowest BCUT2D eigenvalue weighted by Crippen LogP contribution is -2.52. The summed E-state index contributed by atoms with van der Waals surface area (Å²) in [6.45, 7) is 5.80. The molecule has 1 saturated carbocycles. The van der Waals surface area contributed by atoms with Gasteiger partial charge in [-0.3, -0.25) is 4.90 Å². The molecule has 1 aromatic carbocycles. The van der Waals surface area contributed by atoms with Gasteiger partial charge in [0.25, 0.3) is 0 Å². The number of hydrogen-bond donors (Lipinski definition) is 1. The van der Waals surface area contributed by atoms with Crippen LogP contribution >= 0.6 is 11.6 Å². The minimum atomic E-state index is 0.351. The van der Waals surface area contributed by atoms with Crippen molar-refractivity contribution in [2.75, 3.05) is 19.6 Å². The van der Waals surface area contributed by atoms with Crippen LogP contribution in [0.2, 0.25) is 5.02 Å². The van der Waals surface area contributed by atoms with E-state index >= 15 is 0 Å². The molecule has 2 nitrogen and oxygen atoms in total. The first-order chi connectivity index (χ1) is 10.2. The summed E-state index contributed by atoms with van der Waals surface area (Å²) in [7, 11) is 0. The van der Waals surface area contributed by atoms with Crippen molar-refractivity contribution >= 4 is 11.6 Å². The largest absolute Gasteiger partial charge is 0.310 e. The Morgan fingerprint density at radius 3 is 2.67 bits per heavy atom. The Hall–Kier alpha value is -0.570. The summed E-state index contributed by atoms with van der Waals surface area (Å²) in [5.74, 6) is 0. The highest BCUT2D eigenvalue weighted by Gasteiger charge is 2.36. The standard InChI is InChI=1S/C18H27ClN2/c1-15(16-8-3-4-9-17(16)19)21-13-7-12-20-18(14-21)10-5-2-6-11-18/h3-4,8-9,15,20H,2,5-7,10-14H2,1H3. The maximum absolute atomic E-state index is 6.41. The number of benzene rings is 1. The molecule has 2 fully saturated rings. The van der Waals surface area contributed by atoms with E-state index in [4.69, 9.17) is 11.6 Å². The number of hydrogen-bond acceptors (Lipinski definition) is 2. The van der Waals surface area contributed by atoms with Crippen LogP contribution in [0.25, 0.3) is 0 Å². The van der Waals surface area contributed by atoms with Gasteiger partial charge in [-0.05, 0) is 44.4 Å². The van der Waals surface area contributed by atoms with Crippen LogP contribution < -0.4 is 5.32 Å².